The highest BCUT2D eigenvalue weighted by molar-refractivity contribution is 14.1. The van der Waals surface area contributed by atoms with E-state index in [1.165, 1.54) is 13.8 Å². The lowest BCUT2D eigenvalue weighted by Gasteiger charge is -2.39. The minimum absolute atomic E-state index is 0.262. The van der Waals surface area contributed by atoms with E-state index in [-0.39, 0.29) is 18.0 Å². The molecular weight excluding hydrogens is 593 g/mol. The SMILES string of the molecule is CCC(C)(I)C(=O)OC1CCC(C(C)(C)OC(=O)COC(=O)C(O)(C(F)(F)F)C(F)(F)F)CC1. The molecule has 0 aromatic carbocycles. The molecular formula is C20H27F6IO7. The molecule has 0 spiro atoms. The first-order chi connectivity index (χ1) is 15.2. The molecule has 1 aliphatic carbocycles. The first-order valence-corrected chi connectivity index (χ1v) is 11.4. The summed E-state index contributed by atoms with van der Waals surface area (Å²) in [6.07, 6.45) is -10.7. The lowest BCUT2D eigenvalue weighted by atomic mass is 9.77. The summed E-state index contributed by atoms with van der Waals surface area (Å²) >= 11 is 2.01. The maximum Gasteiger partial charge on any atom is 0.437 e. The molecule has 0 aliphatic heterocycles. The number of carbonyl (C=O) groups excluding carboxylic acids is 3. The molecule has 1 aliphatic rings. The molecule has 0 saturated heterocycles. The zero-order chi connectivity index (χ0) is 26.8. The highest BCUT2D eigenvalue weighted by atomic mass is 127. The summed E-state index contributed by atoms with van der Waals surface area (Å²) in [5.41, 5.74) is -6.98. The number of carbonyl (C=O) groups is 3. The Morgan fingerprint density at radius 1 is 0.912 bits per heavy atom. The van der Waals surface area contributed by atoms with Crippen molar-refractivity contribution in [2.75, 3.05) is 6.61 Å². The molecule has 1 rings (SSSR count). The van der Waals surface area contributed by atoms with Gasteiger partial charge in [0.15, 0.2) is 6.61 Å². The molecule has 1 unspecified atom stereocenters. The topological polar surface area (TPSA) is 99.1 Å². The van der Waals surface area contributed by atoms with Crippen LogP contribution < -0.4 is 0 Å². The summed E-state index contributed by atoms with van der Waals surface area (Å²) in [6, 6.07) is 0. The van der Waals surface area contributed by atoms with E-state index in [9.17, 15) is 40.7 Å². The molecule has 7 nitrogen and oxygen atoms in total. The minimum atomic E-state index is -6.42. The lowest BCUT2D eigenvalue weighted by molar-refractivity contribution is -0.356. The standard InChI is InChI=1S/C20H27F6IO7/c1-5-17(4,27)14(29)33-12-8-6-11(7-9-12)16(2,3)34-13(28)10-32-15(30)18(31,19(21,22)23)20(24,25)26/h11-12,31H,5-10H2,1-4H3. The summed E-state index contributed by atoms with van der Waals surface area (Å²) in [5.74, 6) is -5.08. The van der Waals surface area contributed by atoms with Crippen LogP contribution in [0.5, 0.6) is 0 Å². The highest BCUT2D eigenvalue weighted by Gasteiger charge is 2.76. The van der Waals surface area contributed by atoms with E-state index in [1.54, 1.807) is 6.92 Å². The zero-order valence-electron chi connectivity index (χ0n) is 18.9. The molecule has 0 heterocycles. The Labute approximate surface area is 206 Å². The third kappa shape index (κ3) is 7.10. The third-order valence-corrected chi connectivity index (χ3v) is 7.04. The molecule has 14 heteroatoms. The van der Waals surface area contributed by atoms with Crippen LogP contribution in [-0.2, 0) is 28.6 Å². The predicted molar refractivity (Wildman–Crippen MR) is 113 cm³/mol. The molecule has 0 bridgehead atoms. The van der Waals surface area contributed by atoms with Gasteiger partial charge in [0.05, 0.1) is 0 Å². The van der Waals surface area contributed by atoms with E-state index in [1.807, 2.05) is 29.5 Å². The van der Waals surface area contributed by atoms with Crippen molar-refractivity contribution < 1.29 is 60.0 Å². The predicted octanol–water partition coefficient (Wildman–Crippen LogP) is 4.41. The fourth-order valence-corrected chi connectivity index (χ4v) is 3.45. The Morgan fingerprint density at radius 2 is 1.38 bits per heavy atom. The molecule has 1 atom stereocenters. The van der Waals surface area contributed by atoms with Crippen LogP contribution >= 0.6 is 22.6 Å². The molecule has 34 heavy (non-hydrogen) atoms. The molecule has 0 amide bonds. The summed E-state index contributed by atoms with van der Waals surface area (Å²) in [6.45, 7) is 5.02. The Bertz CT molecular complexity index is 741. The summed E-state index contributed by atoms with van der Waals surface area (Å²) in [5, 5.41) is 8.94. The monoisotopic (exact) mass is 620 g/mol. The maximum absolute atomic E-state index is 12.7. The van der Waals surface area contributed by atoms with Gasteiger partial charge in [-0.3, -0.25) is 4.79 Å². The van der Waals surface area contributed by atoms with Crippen molar-refractivity contribution in [3.63, 3.8) is 0 Å². The Hall–Kier alpha value is -1.32. The van der Waals surface area contributed by atoms with Crippen molar-refractivity contribution in [1.29, 1.82) is 0 Å². The van der Waals surface area contributed by atoms with Crippen LogP contribution in [0.3, 0.4) is 0 Å². The second-order valence-electron chi connectivity index (χ2n) is 8.79. The van der Waals surface area contributed by atoms with Crippen LogP contribution in [0, 0.1) is 5.92 Å². The van der Waals surface area contributed by atoms with Crippen LogP contribution in [0.1, 0.15) is 59.8 Å². The van der Waals surface area contributed by atoms with Crippen LogP contribution in [0.15, 0.2) is 0 Å². The van der Waals surface area contributed by atoms with Crippen molar-refractivity contribution in [2.24, 2.45) is 5.92 Å². The molecule has 1 N–H and O–H groups in total. The van der Waals surface area contributed by atoms with Crippen molar-refractivity contribution in [3.05, 3.63) is 0 Å². The second-order valence-corrected chi connectivity index (χ2v) is 11.2. The average Bonchev–Trinajstić information content (AvgIpc) is 2.69. The van der Waals surface area contributed by atoms with Gasteiger partial charge in [0.1, 0.15) is 15.1 Å². The number of rotatable bonds is 8. The average molecular weight is 620 g/mol. The first kappa shape index (κ1) is 30.7. The number of hydrogen-bond acceptors (Lipinski definition) is 7. The number of halogens is 7. The van der Waals surface area contributed by atoms with Gasteiger partial charge in [-0.25, -0.2) is 9.59 Å². The van der Waals surface area contributed by atoms with E-state index in [4.69, 9.17) is 14.6 Å². The Kier molecular flexibility index (Phi) is 9.71. The first-order valence-electron chi connectivity index (χ1n) is 10.3. The number of ether oxygens (including phenoxy) is 3. The molecule has 0 radical (unpaired) electrons. The van der Waals surface area contributed by atoms with Gasteiger partial charge >= 0.3 is 35.9 Å². The van der Waals surface area contributed by atoms with Gasteiger partial charge in [-0.15, -0.1) is 0 Å². The third-order valence-electron chi connectivity index (χ3n) is 5.83. The molecule has 1 fully saturated rings. The largest absolute Gasteiger partial charge is 0.461 e. The maximum atomic E-state index is 12.7. The zero-order valence-corrected chi connectivity index (χ0v) is 21.1. The molecule has 0 aromatic heterocycles. The van der Waals surface area contributed by atoms with E-state index in [0.29, 0.717) is 32.1 Å². The van der Waals surface area contributed by atoms with Crippen LogP contribution in [0.4, 0.5) is 26.3 Å². The number of alkyl halides is 7. The van der Waals surface area contributed by atoms with Crippen molar-refractivity contribution in [1.82, 2.24) is 0 Å². The molecule has 0 aromatic rings. The minimum Gasteiger partial charge on any atom is -0.461 e. The summed E-state index contributed by atoms with van der Waals surface area (Å²) in [4.78, 5) is 35.6. The summed E-state index contributed by atoms with van der Waals surface area (Å²) in [7, 11) is 0. The van der Waals surface area contributed by atoms with Gasteiger partial charge < -0.3 is 19.3 Å². The fourth-order valence-electron chi connectivity index (χ4n) is 3.32. The fraction of sp³-hybridized carbons (Fsp3) is 0.850. The van der Waals surface area contributed by atoms with Crippen LogP contribution in [0.2, 0.25) is 0 Å². The van der Waals surface area contributed by atoms with Gasteiger partial charge in [0, 0.05) is 0 Å². The van der Waals surface area contributed by atoms with Gasteiger partial charge in [-0.05, 0) is 58.8 Å². The summed E-state index contributed by atoms with van der Waals surface area (Å²) < 4.78 is 89.8. The van der Waals surface area contributed by atoms with Crippen LogP contribution in [-0.4, -0.2) is 62.7 Å². The Morgan fingerprint density at radius 3 is 1.79 bits per heavy atom. The van der Waals surface area contributed by atoms with E-state index < -0.39 is 45.5 Å². The van der Waals surface area contributed by atoms with Crippen molar-refractivity contribution >= 4 is 40.5 Å². The van der Waals surface area contributed by atoms with Gasteiger partial charge in [-0.2, -0.15) is 26.3 Å². The van der Waals surface area contributed by atoms with Gasteiger partial charge in [-0.1, -0.05) is 29.5 Å². The molecule has 198 valence electrons. The number of esters is 3. The van der Waals surface area contributed by atoms with Gasteiger partial charge in [0.2, 0.25) is 0 Å². The van der Waals surface area contributed by atoms with Crippen LogP contribution in [0.25, 0.3) is 0 Å². The van der Waals surface area contributed by atoms with E-state index in [0.717, 1.165) is 0 Å². The van der Waals surface area contributed by atoms with E-state index in [2.05, 4.69) is 4.74 Å². The number of aliphatic hydroxyl groups is 1. The van der Waals surface area contributed by atoms with Gasteiger partial charge in [0.25, 0.3) is 0 Å². The quantitative estimate of drug-likeness (QED) is 0.141. The van der Waals surface area contributed by atoms with Crippen molar-refractivity contribution in [2.45, 2.75) is 92.9 Å². The number of hydrogen-bond donors (Lipinski definition) is 1. The van der Waals surface area contributed by atoms with E-state index >= 15 is 0 Å². The van der Waals surface area contributed by atoms with Crippen molar-refractivity contribution in [3.8, 4) is 0 Å². The smallest absolute Gasteiger partial charge is 0.437 e. The lowest BCUT2D eigenvalue weighted by Crippen LogP contribution is -2.63. The molecule has 1 saturated carbocycles. The second kappa shape index (κ2) is 10.7. The highest BCUT2D eigenvalue weighted by Crippen LogP contribution is 2.44. The normalized spacial score (nSPS) is 21.9. The Balaban J connectivity index is 2.66.